The molecular formula is C17H21N9. The largest absolute Gasteiger partial charge is 0.356 e. The zero-order chi connectivity index (χ0) is 17.3. The molecule has 3 aromatic heterocycles. The van der Waals surface area contributed by atoms with E-state index in [0.717, 1.165) is 50.9 Å². The van der Waals surface area contributed by atoms with E-state index in [4.69, 9.17) is 0 Å². The van der Waals surface area contributed by atoms with E-state index in [1.54, 1.807) is 23.4 Å². The second-order valence-corrected chi connectivity index (χ2v) is 7.04. The van der Waals surface area contributed by atoms with Gasteiger partial charge in [0.1, 0.15) is 12.1 Å². The normalized spacial score (nSPS) is 22.8. The SMILES string of the molecule is c1cnn(-c2cc(N3CC4CN(CCn5ccnn5)CC4C3)ncn2)c1. The number of anilines is 1. The topological polar surface area (TPSA) is 80.8 Å². The number of fused-ring (bicyclic) bond motifs is 1. The minimum absolute atomic E-state index is 0.703. The standard InChI is InChI=1S/C17H21N9/c1-2-21-26(4-1)17-8-16(18-13-19-17)24-11-14-9-23(10-15(14)12-24)6-7-25-5-3-20-22-25/h1-5,8,13-15H,6-7,9-12H2. The van der Waals surface area contributed by atoms with E-state index in [0.29, 0.717) is 11.8 Å². The summed E-state index contributed by atoms with van der Waals surface area (Å²) >= 11 is 0. The Bertz CT molecular complexity index is 831. The van der Waals surface area contributed by atoms with Crippen molar-refractivity contribution in [3.05, 3.63) is 43.2 Å². The first-order chi connectivity index (χ1) is 12.8. The minimum atomic E-state index is 0.703. The molecule has 134 valence electrons. The van der Waals surface area contributed by atoms with Crippen molar-refractivity contribution in [3.63, 3.8) is 0 Å². The molecule has 26 heavy (non-hydrogen) atoms. The number of hydrogen-bond donors (Lipinski definition) is 0. The number of nitrogens with zero attached hydrogens (tertiary/aromatic N) is 9. The van der Waals surface area contributed by atoms with Crippen molar-refractivity contribution in [2.24, 2.45) is 11.8 Å². The van der Waals surface area contributed by atoms with E-state index in [2.05, 4.69) is 35.2 Å². The maximum absolute atomic E-state index is 4.49. The first-order valence-electron chi connectivity index (χ1n) is 8.98. The summed E-state index contributed by atoms with van der Waals surface area (Å²) < 4.78 is 3.67. The second kappa shape index (κ2) is 6.49. The maximum atomic E-state index is 4.49. The van der Waals surface area contributed by atoms with E-state index in [1.165, 1.54) is 0 Å². The number of rotatable bonds is 5. The van der Waals surface area contributed by atoms with Crippen molar-refractivity contribution in [2.75, 3.05) is 37.6 Å². The third-order valence-electron chi connectivity index (χ3n) is 5.38. The fourth-order valence-corrected chi connectivity index (χ4v) is 4.10. The molecule has 0 N–H and O–H groups in total. The first kappa shape index (κ1) is 15.4. The van der Waals surface area contributed by atoms with Crippen LogP contribution < -0.4 is 4.90 Å². The summed E-state index contributed by atoms with van der Waals surface area (Å²) in [6.07, 6.45) is 8.94. The summed E-state index contributed by atoms with van der Waals surface area (Å²) in [4.78, 5) is 13.7. The Labute approximate surface area is 151 Å². The molecule has 5 heterocycles. The van der Waals surface area contributed by atoms with Crippen molar-refractivity contribution in [1.29, 1.82) is 0 Å². The van der Waals surface area contributed by atoms with E-state index < -0.39 is 0 Å². The average molecular weight is 351 g/mol. The predicted octanol–water partition coefficient (Wildman–Crippen LogP) is 0.322. The molecule has 2 atom stereocenters. The molecule has 0 bridgehead atoms. The Morgan fingerprint density at radius 3 is 2.50 bits per heavy atom. The monoisotopic (exact) mass is 351 g/mol. The Hall–Kier alpha value is -2.81. The highest BCUT2D eigenvalue weighted by Crippen LogP contribution is 2.33. The smallest absolute Gasteiger partial charge is 0.158 e. The van der Waals surface area contributed by atoms with Gasteiger partial charge in [0.15, 0.2) is 5.82 Å². The van der Waals surface area contributed by atoms with Gasteiger partial charge >= 0.3 is 0 Å². The van der Waals surface area contributed by atoms with Gasteiger partial charge in [0.25, 0.3) is 0 Å². The molecular weight excluding hydrogens is 330 g/mol. The van der Waals surface area contributed by atoms with Gasteiger partial charge in [-0.25, -0.2) is 14.6 Å². The van der Waals surface area contributed by atoms with Gasteiger partial charge in [-0.1, -0.05) is 5.21 Å². The number of aromatic nitrogens is 7. The van der Waals surface area contributed by atoms with Crippen LogP contribution in [0.1, 0.15) is 0 Å². The van der Waals surface area contributed by atoms with Gasteiger partial charge in [-0.2, -0.15) is 5.10 Å². The highest BCUT2D eigenvalue weighted by atomic mass is 15.4. The molecule has 3 aromatic rings. The molecule has 0 aromatic carbocycles. The molecule has 9 heteroatoms. The van der Waals surface area contributed by atoms with Gasteiger partial charge in [0.05, 0.1) is 12.7 Å². The Balaban J connectivity index is 1.21. The summed E-state index contributed by atoms with van der Waals surface area (Å²) in [6, 6.07) is 3.92. The van der Waals surface area contributed by atoms with Crippen molar-refractivity contribution in [1.82, 2.24) is 39.6 Å². The minimum Gasteiger partial charge on any atom is -0.356 e. The lowest BCUT2D eigenvalue weighted by atomic mass is 10.0. The zero-order valence-corrected chi connectivity index (χ0v) is 14.5. The van der Waals surface area contributed by atoms with Gasteiger partial charge in [-0.05, 0) is 17.9 Å². The molecule has 2 unspecified atom stereocenters. The lowest BCUT2D eigenvalue weighted by Gasteiger charge is -2.22. The van der Waals surface area contributed by atoms with Crippen molar-refractivity contribution < 1.29 is 0 Å². The molecule has 0 amide bonds. The predicted molar refractivity (Wildman–Crippen MR) is 94.8 cm³/mol. The molecule has 2 saturated heterocycles. The number of likely N-dealkylation sites (tertiary alicyclic amines) is 1. The van der Waals surface area contributed by atoms with Crippen LogP contribution in [0.15, 0.2) is 43.2 Å². The van der Waals surface area contributed by atoms with Gasteiger partial charge in [0.2, 0.25) is 0 Å². The maximum Gasteiger partial charge on any atom is 0.158 e. The molecule has 9 nitrogen and oxygen atoms in total. The van der Waals surface area contributed by atoms with Gasteiger partial charge in [0, 0.05) is 57.4 Å². The zero-order valence-electron chi connectivity index (χ0n) is 14.5. The third-order valence-corrected chi connectivity index (χ3v) is 5.38. The Kier molecular flexibility index (Phi) is 3.85. The van der Waals surface area contributed by atoms with Crippen molar-refractivity contribution in [3.8, 4) is 5.82 Å². The summed E-state index contributed by atoms with van der Waals surface area (Å²) in [6.45, 7) is 6.34. The van der Waals surface area contributed by atoms with Crippen LogP contribution in [0.2, 0.25) is 0 Å². The molecule has 2 fully saturated rings. The van der Waals surface area contributed by atoms with Crippen LogP contribution in [0, 0.1) is 11.8 Å². The van der Waals surface area contributed by atoms with Crippen molar-refractivity contribution in [2.45, 2.75) is 6.54 Å². The van der Waals surface area contributed by atoms with Gasteiger partial charge < -0.3 is 9.80 Å². The van der Waals surface area contributed by atoms with Crippen LogP contribution in [0.4, 0.5) is 5.82 Å². The molecule has 0 aliphatic carbocycles. The van der Waals surface area contributed by atoms with Crippen LogP contribution in [-0.4, -0.2) is 72.4 Å². The lowest BCUT2D eigenvalue weighted by molar-refractivity contribution is 0.295. The van der Waals surface area contributed by atoms with E-state index in [1.807, 2.05) is 29.2 Å². The molecule has 0 radical (unpaired) electrons. The fourth-order valence-electron chi connectivity index (χ4n) is 4.10. The fraction of sp³-hybridized carbons (Fsp3) is 0.471. The van der Waals surface area contributed by atoms with E-state index in [-0.39, 0.29) is 0 Å². The highest BCUT2D eigenvalue weighted by molar-refractivity contribution is 5.44. The van der Waals surface area contributed by atoms with Crippen LogP contribution in [-0.2, 0) is 6.54 Å². The molecule has 0 spiro atoms. The molecule has 5 rings (SSSR count). The summed E-state index contributed by atoms with van der Waals surface area (Å²) in [7, 11) is 0. The second-order valence-electron chi connectivity index (χ2n) is 7.04. The summed E-state index contributed by atoms with van der Waals surface area (Å²) in [5.74, 6) is 3.21. The van der Waals surface area contributed by atoms with E-state index in [9.17, 15) is 0 Å². The van der Waals surface area contributed by atoms with Crippen LogP contribution in [0.3, 0.4) is 0 Å². The first-order valence-corrected chi connectivity index (χ1v) is 8.98. The summed E-state index contributed by atoms with van der Waals surface area (Å²) in [5.41, 5.74) is 0. The third kappa shape index (κ3) is 2.94. The van der Waals surface area contributed by atoms with E-state index >= 15 is 0 Å². The highest BCUT2D eigenvalue weighted by Gasteiger charge is 2.40. The van der Waals surface area contributed by atoms with Gasteiger partial charge in [-0.3, -0.25) is 4.68 Å². The quantitative estimate of drug-likeness (QED) is 0.655. The molecule has 2 aliphatic heterocycles. The number of hydrogen-bond acceptors (Lipinski definition) is 7. The molecule has 2 aliphatic rings. The van der Waals surface area contributed by atoms with Crippen molar-refractivity contribution >= 4 is 5.82 Å². The van der Waals surface area contributed by atoms with Crippen LogP contribution >= 0.6 is 0 Å². The summed E-state index contributed by atoms with van der Waals surface area (Å²) in [5, 5.41) is 12.2. The lowest BCUT2D eigenvalue weighted by Crippen LogP contribution is -2.31. The Morgan fingerprint density at radius 2 is 1.77 bits per heavy atom. The average Bonchev–Trinajstić information content (AvgIpc) is 3.44. The Morgan fingerprint density at radius 1 is 0.923 bits per heavy atom. The van der Waals surface area contributed by atoms with Crippen LogP contribution in [0.5, 0.6) is 0 Å². The molecule has 0 saturated carbocycles. The van der Waals surface area contributed by atoms with Crippen LogP contribution in [0.25, 0.3) is 5.82 Å². The van der Waals surface area contributed by atoms with Gasteiger partial charge in [-0.15, -0.1) is 5.10 Å².